The lowest BCUT2D eigenvalue weighted by Gasteiger charge is -2.04. The van der Waals surface area contributed by atoms with Crippen LogP contribution in [-0.2, 0) is 9.05 Å². The molecule has 0 aliphatic rings. The van der Waals surface area contributed by atoms with E-state index in [2.05, 4.69) is 4.98 Å². The van der Waals surface area contributed by atoms with Crippen LogP contribution in [0.15, 0.2) is 11.1 Å². The van der Waals surface area contributed by atoms with Crippen LogP contribution in [0.2, 0.25) is 0 Å². The van der Waals surface area contributed by atoms with Crippen LogP contribution in [0.4, 0.5) is 13.2 Å². The van der Waals surface area contributed by atoms with Crippen molar-refractivity contribution in [1.82, 2.24) is 4.98 Å². The van der Waals surface area contributed by atoms with Gasteiger partial charge in [0.25, 0.3) is 15.5 Å². The number of rotatable bonds is 2. The molecule has 0 fully saturated rings. The summed E-state index contributed by atoms with van der Waals surface area (Å²) >= 11 is 0. The van der Waals surface area contributed by atoms with Crippen LogP contribution in [0, 0.1) is 17.1 Å². The van der Waals surface area contributed by atoms with E-state index in [1.165, 1.54) is 6.07 Å². The van der Waals surface area contributed by atoms with Gasteiger partial charge in [0.1, 0.15) is 11.8 Å². The zero-order chi connectivity index (χ0) is 12.5. The minimum absolute atomic E-state index is 0.351. The van der Waals surface area contributed by atoms with E-state index in [4.69, 9.17) is 15.9 Å². The summed E-state index contributed by atoms with van der Waals surface area (Å²) in [7, 11) is 0.207. The van der Waals surface area contributed by atoms with Gasteiger partial charge in [-0.15, -0.1) is 0 Å². The van der Waals surface area contributed by atoms with Gasteiger partial charge in [-0.3, -0.25) is 0 Å². The predicted molar refractivity (Wildman–Crippen MR) is 46.9 cm³/mol. The van der Waals surface area contributed by atoms with Crippen molar-refractivity contribution >= 4 is 19.7 Å². The average molecular weight is 271 g/mol. The van der Waals surface area contributed by atoms with Crippen molar-refractivity contribution in [2.45, 2.75) is 11.5 Å². The topological polar surface area (TPSA) is 70.8 Å². The molecule has 1 heterocycles. The highest BCUT2D eigenvalue weighted by molar-refractivity contribution is 8.13. The molecular formula is C7H2ClF3N2O2S. The van der Waals surface area contributed by atoms with E-state index in [1.54, 1.807) is 0 Å². The molecular weight excluding hydrogens is 269 g/mol. The molecule has 0 unspecified atom stereocenters. The van der Waals surface area contributed by atoms with E-state index in [0.717, 1.165) is 0 Å². The third kappa shape index (κ3) is 2.43. The van der Waals surface area contributed by atoms with E-state index < -0.39 is 37.6 Å². The smallest absolute Gasteiger partial charge is 0.230 e. The first kappa shape index (κ1) is 12.7. The van der Waals surface area contributed by atoms with Crippen LogP contribution in [0.5, 0.6) is 0 Å². The van der Waals surface area contributed by atoms with Gasteiger partial charge in [-0.1, -0.05) is 0 Å². The molecule has 0 bridgehead atoms. The molecule has 0 aliphatic heterocycles. The molecule has 0 radical (unpaired) electrons. The Morgan fingerprint density at radius 2 is 2.06 bits per heavy atom. The Morgan fingerprint density at radius 1 is 1.50 bits per heavy atom. The van der Waals surface area contributed by atoms with Crippen LogP contribution in [0.1, 0.15) is 17.7 Å². The van der Waals surface area contributed by atoms with Crippen molar-refractivity contribution in [2.24, 2.45) is 0 Å². The predicted octanol–water partition coefficient (Wildman–Crippen LogP) is 1.96. The molecule has 0 saturated carbocycles. The summed E-state index contributed by atoms with van der Waals surface area (Å²) < 4.78 is 59.3. The maximum absolute atomic E-state index is 13.1. The van der Waals surface area contributed by atoms with E-state index in [1.807, 2.05) is 0 Å². The first-order valence-corrected chi connectivity index (χ1v) is 5.91. The third-order valence-electron chi connectivity index (χ3n) is 1.53. The highest BCUT2D eigenvalue weighted by atomic mass is 35.7. The Balaban J connectivity index is 3.60. The van der Waals surface area contributed by atoms with Gasteiger partial charge in [0, 0.05) is 10.7 Å². The van der Waals surface area contributed by atoms with Crippen LogP contribution in [-0.4, -0.2) is 13.4 Å². The lowest BCUT2D eigenvalue weighted by atomic mass is 10.2. The second kappa shape index (κ2) is 4.27. The monoisotopic (exact) mass is 270 g/mol. The number of nitriles is 1. The van der Waals surface area contributed by atoms with E-state index in [0.29, 0.717) is 6.07 Å². The van der Waals surface area contributed by atoms with Gasteiger partial charge in [0.2, 0.25) is 5.03 Å². The maximum Gasteiger partial charge on any atom is 0.281 e. The zero-order valence-corrected chi connectivity index (χ0v) is 8.86. The Hall–Kier alpha value is -1.33. The first-order valence-electron chi connectivity index (χ1n) is 3.60. The van der Waals surface area contributed by atoms with Gasteiger partial charge in [-0.05, 0) is 6.07 Å². The second-order valence-corrected chi connectivity index (χ2v) is 5.04. The van der Waals surface area contributed by atoms with Crippen LogP contribution < -0.4 is 0 Å². The molecule has 0 atom stereocenters. The van der Waals surface area contributed by atoms with Gasteiger partial charge in [-0.25, -0.2) is 26.6 Å². The van der Waals surface area contributed by atoms with E-state index in [-0.39, 0.29) is 0 Å². The largest absolute Gasteiger partial charge is 0.281 e. The molecule has 1 aromatic heterocycles. The summed E-state index contributed by atoms with van der Waals surface area (Å²) in [6.45, 7) is 0. The molecule has 0 aliphatic carbocycles. The summed E-state index contributed by atoms with van der Waals surface area (Å²) in [4.78, 5) is 2.85. The summed E-state index contributed by atoms with van der Waals surface area (Å²) in [5, 5.41) is 7.10. The lowest BCUT2D eigenvalue weighted by molar-refractivity contribution is 0.144. The van der Waals surface area contributed by atoms with E-state index in [9.17, 15) is 21.6 Å². The molecule has 0 spiro atoms. The fourth-order valence-electron chi connectivity index (χ4n) is 0.912. The minimum Gasteiger partial charge on any atom is -0.230 e. The Morgan fingerprint density at radius 3 is 2.44 bits per heavy atom. The number of alkyl halides is 2. The quantitative estimate of drug-likeness (QED) is 0.770. The average Bonchev–Trinajstić information content (AvgIpc) is 2.14. The summed E-state index contributed by atoms with van der Waals surface area (Å²) in [6.07, 6.45) is -3.20. The molecule has 0 saturated heterocycles. The maximum atomic E-state index is 13.1. The van der Waals surface area contributed by atoms with Gasteiger partial charge in [-0.2, -0.15) is 5.26 Å². The van der Waals surface area contributed by atoms with Crippen LogP contribution >= 0.6 is 10.7 Å². The SMILES string of the molecule is N#Cc1cc(F)c(S(=O)(=O)Cl)nc1C(F)F. The molecule has 4 nitrogen and oxygen atoms in total. The normalized spacial score (nSPS) is 11.5. The number of pyridine rings is 1. The van der Waals surface area contributed by atoms with Crippen molar-refractivity contribution < 1.29 is 21.6 Å². The second-order valence-electron chi connectivity index (χ2n) is 2.56. The van der Waals surface area contributed by atoms with Crippen LogP contribution in [0.3, 0.4) is 0 Å². The first-order chi connectivity index (χ1) is 7.27. The number of aromatic nitrogens is 1. The fourth-order valence-corrected chi connectivity index (χ4v) is 1.74. The summed E-state index contributed by atoms with van der Waals surface area (Å²) in [5.74, 6) is -1.45. The highest BCUT2D eigenvalue weighted by Crippen LogP contribution is 2.25. The molecule has 0 amide bonds. The standard InChI is InChI=1S/C7H2ClF3N2O2S/c8-16(14,15)7-4(9)1-3(2-12)5(13-7)6(10)11/h1,6H. The fraction of sp³-hybridized carbons (Fsp3) is 0.143. The third-order valence-corrected chi connectivity index (χ3v) is 2.72. The minimum atomic E-state index is -4.57. The lowest BCUT2D eigenvalue weighted by Crippen LogP contribution is -2.06. The number of halogens is 4. The zero-order valence-electron chi connectivity index (χ0n) is 7.29. The summed E-state index contributed by atoms with van der Waals surface area (Å²) in [6, 6.07) is 1.63. The van der Waals surface area contributed by atoms with Crippen LogP contribution in [0.25, 0.3) is 0 Å². The molecule has 1 aromatic rings. The summed E-state index contributed by atoms with van der Waals surface area (Å²) in [5.41, 5.74) is -1.86. The van der Waals surface area contributed by atoms with Gasteiger partial charge < -0.3 is 0 Å². The highest BCUT2D eigenvalue weighted by Gasteiger charge is 2.25. The molecule has 16 heavy (non-hydrogen) atoms. The Kier molecular flexibility index (Phi) is 3.40. The van der Waals surface area contributed by atoms with Crippen molar-refractivity contribution in [3.63, 3.8) is 0 Å². The Bertz CT molecular complexity index is 568. The Labute approximate surface area is 92.7 Å². The van der Waals surface area contributed by atoms with Gasteiger partial charge in [0.05, 0.1) is 5.56 Å². The van der Waals surface area contributed by atoms with Gasteiger partial charge in [0.15, 0.2) is 5.82 Å². The van der Waals surface area contributed by atoms with Crippen molar-refractivity contribution in [2.75, 3.05) is 0 Å². The molecule has 1 rings (SSSR count). The molecule has 0 aromatic carbocycles. The molecule has 86 valence electrons. The number of hydrogen-bond donors (Lipinski definition) is 0. The van der Waals surface area contributed by atoms with Crippen molar-refractivity contribution in [3.8, 4) is 6.07 Å². The van der Waals surface area contributed by atoms with Crippen molar-refractivity contribution in [3.05, 3.63) is 23.1 Å². The van der Waals surface area contributed by atoms with E-state index >= 15 is 0 Å². The number of hydrogen-bond acceptors (Lipinski definition) is 4. The van der Waals surface area contributed by atoms with Gasteiger partial charge >= 0.3 is 0 Å². The molecule has 9 heteroatoms. The molecule has 0 N–H and O–H groups in total. The van der Waals surface area contributed by atoms with Crippen molar-refractivity contribution in [1.29, 1.82) is 5.26 Å². The number of nitrogens with zero attached hydrogens (tertiary/aromatic N) is 2.